The number of carboxylic acid groups (broad SMARTS) is 1. The molecule has 7 heteroatoms. The van der Waals surface area contributed by atoms with Crippen LogP contribution >= 0.6 is 0 Å². The fourth-order valence-electron chi connectivity index (χ4n) is 2.88. The smallest absolute Gasteiger partial charge is 0.325 e. The maximum absolute atomic E-state index is 11.9. The number of carbonyl (C=O) groups is 2. The van der Waals surface area contributed by atoms with Crippen molar-refractivity contribution >= 4 is 17.7 Å². The molecule has 116 valence electrons. The van der Waals surface area contributed by atoms with E-state index in [9.17, 15) is 9.59 Å². The topological polar surface area (TPSA) is 96.3 Å². The van der Waals surface area contributed by atoms with Crippen LogP contribution in [0.5, 0.6) is 0 Å². The highest BCUT2D eigenvalue weighted by Crippen LogP contribution is 2.40. The zero-order valence-corrected chi connectivity index (χ0v) is 12.3. The number of urea groups is 1. The number of carbonyl (C=O) groups excluding carboxylic acids is 1. The maximum Gasteiger partial charge on any atom is 0.325 e. The minimum Gasteiger partial charge on any atom is -0.480 e. The Morgan fingerprint density at radius 1 is 1.43 bits per heavy atom. The molecule has 0 atom stereocenters. The first kappa shape index (κ1) is 15.3. The van der Waals surface area contributed by atoms with Gasteiger partial charge in [-0.25, -0.2) is 4.79 Å². The van der Waals surface area contributed by atoms with Gasteiger partial charge in [-0.15, -0.1) is 0 Å². The van der Waals surface area contributed by atoms with Gasteiger partial charge >= 0.3 is 12.0 Å². The van der Waals surface area contributed by atoms with Gasteiger partial charge in [0.2, 0.25) is 0 Å². The van der Waals surface area contributed by atoms with Crippen LogP contribution in [0.4, 0.5) is 10.5 Å². The van der Waals surface area contributed by atoms with E-state index in [2.05, 4.69) is 22.7 Å². The standard InChI is InChI=1S/C14H22N4O3/c1-2-14(5-3-4-6-14)10-15-13(21)17-11-7-16-18(8-11)9-12(19)20/h7-8H,2-6,9-10H2,1H3,(H,19,20)(H2,15,17,21). The van der Waals surface area contributed by atoms with E-state index >= 15 is 0 Å². The SMILES string of the molecule is CCC1(CNC(=O)Nc2cnn(CC(=O)O)c2)CCCC1. The van der Waals surface area contributed by atoms with Gasteiger partial charge in [0.1, 0.15) is 6.54 Å². The van der Waals surface area contributed by atoms with Gasteiger partial charge < -0.3 is 15.7 Å². The van der Waals surface area contributed by atoms with Gasteiger partial charge in [-0.2, -0.15) is 5.10 Å². The molecule has 3 N–H and O–H groups in total. The molecule has 2 rings (SSSR count). The minimum absolute atomic E-state index is 0.220. The van der Waals surface area contributed by atoms with E-state index in [1.807, 2.05) is 0 Å². The summed E-state index contributed by atoms with van der Waals surface area (Å²) in [6.45, 7) is 2.63. The monoisotopic (exact) mass is 294 g/mol. The quantitative estimate of drug-likeness (QED) is 0.748. The first-order valence-electron chi connectivity index (χ1n) is 7.32. The molecule has 1 saturated carbocycles. The number of hydrogen-bond acceptors (Lipinski definition) is 3. The lowest BCUT2D eigenvalue weighted by Crippen LogP contribution is -2.38. The number of carboxylic acids is 1. The molecule has 0 unspecified atom stereocenters. The summed E-state index contributed by atoms with van der Waals surface area (Å²) < 4.78 is 1.27. The molecule has 0 spiro atoms. The maximum atomic E-state index is 11.9. The van der Waals surface area contributed by atoms with E-state index in [4.69, 9.17) is 5.11 Å². The van der Waals surface area contributed by atoms with E-state index < -0.39 is 5.97 Å². The van der Waals surface area contributed by atoms with Crippen molar-refractivity contribution < 1.29 is 14.7 Å². The number of hydrogen-bond donors (Lipinski definition) is 3. The van der Waals surface area contributed by atoms with Crippen LogP contribution in [-0.4, -0.2) is 33.4 Å². The van der Waals surface area contributed by atoms with Crippen molar-refractivity contribution in [1.82, 2.24) is 15.1 Å². The van der Waals surface area contributed by atoms with Gasteiger partial charge in [-0.05, 0) is 24.7 Å². The number of aromatic nitrogens is 2. The van der Waals surface area contributed by atoms with Gasteiger partial charge in [-0.1, -0.05) is 19.8 Å². The molecule has 0 radical (unpaired) electrons. The molecule has 1 aliphatic carbocycles. The number of anilines is 1. The molecular weight excluding hydrogens is 272 g/mol. The molecule has 7 nitrogen and oxygen atoms in total. The highest BCUT2D eigenvalue weighted by molar-refractivity contribution is 5.88. The van der Waals surface area contributed by atoms with Gasteiger partial charge in [-0.3, -0.25) is 9.48 Å². The Kier molecular flexibility index (Phi) is 4.82. The van der Waals surface area contributed by atoms with Crippen molar-refractivity contribution in [1.29, 1.82) is 0 Å². The predicted octanol–water partition coefficient (Wildman–Crippen LogP) is 2.06. The molecule has 1 heterocycles. The normalized spacial score (nSPS) is 16.6. The molecule has 21 heavy (non-hydrogen) atoms. The molecular formula is C14H22N4O3. The van der Waals surface area contributed by atoms with Crippen LogP contribution < -0.4 is 10.6 Å². The van der Waals surface area contributed by atoms with E-state index in [1.165, 1.54) is 42.8 Å². The lowest BCUT2D eigenvalue weighted by molar-refractivity contribution is -0.137. The lowest BCUT2D eigenvalue weighted by atomic mass is 9.83. The van der Waals surface area contributed by atoms with Crippen molar-refractivity contribution in [2.24, 2.45) is 5.41 Å². The second-order valence-corrected chi connectivity index (χ2v) is 5.69. The molecule has 0 bridgehead atoms. The van der Waals surface area contributed by atoms with Crippen LogP contribution in [0.1, 0.15) is 39.0 Å². The number of rotatable bonds is 6. The largest absolute Gasteiger partial charge is 0.480 e. The molecule has 2 amide bonds. The van der Waals surface area contributed by atoms with Crippen molar-refractivity contribution in [2.75, 3.05) is 11.9 Å². The molecule has 0 aromatic carbocycles. The predicted molar refractivity (Wildman–Crippen MR) is 78.1 cm³/mol. The van der Waals surface area contributed by atoms with Crippen LogP contribution in [0.2, 0.25) is 0 Å². The van der Waals surface area contributed by atoms with Crippen molar-refractivity contribution in [3.8, 4) is 0 Å². The van der Waals surface area contributed by atoms with Gasteiger partial charge in [0, 0.05) is 12.7 Å². The Morgan fingerprint density at radius 2 is 2.14 bits per heavy atom. The number of nitrogens with one attached hydrogen (secondary N) is 2. The summed E-state index contributed by atoms with van der Waals surface area (Å²) in [5.41, 5.74) is 0.732. The van der Waals surface area contributed by atoms with E-state index in [1.54, 1.807) is 0 Å². The molecule has 1 aromatic rings. The average molecular weight is 294 g/mol. The Labute approximate surface area is 123 Å². The summed E-state index contributed by atoms with van der Waals surface area (Å²) >= 11 is 0. The summed E-state index contributed by atoms with van der Waals surface area (Å²) in [5.74, 6) is -0.972. The second kappa shape index (κ2) is 6.60. The number of aliphatic carboxylic acids is 1. The Hall–Kier alpha value is -2.05. The minimum atomic E-state index is -0.972. The van der Waals surface area contributed by atoms with Crippen molar-refractivity contribution in [2.45, 2.75) is 45.6 Å². The summed E-state index contributed by atoms with van der Waals surface area (Å²) in [6, 6.07) is -0.274. The number of amides is 2. The Morgan fingerprint density at radius 3 is 2.76 bits per heavy atom. The molecule has 1 aliphatic rings. The summed E-state index contributed by atoms with van der Waals surface area (Å²) in [7, 11) is 0. The Bertz CT molecular complexity index is 506. The zero-order valence-electron chi connectivity index (χ0n) is 12.3. The molecule has 1 aromatic heterocycles. The third-order valence-corrected chi connectivity index (χ3v) is 4.23. The van der Waals surface area contributed by atoms with Gasteiger partial charge in [0.15, 0.2) is 0 Å². The number of nitrogens with zero attached hydrogens (tertiary/aromatic N) is 2. The van der Waals surface area contributed by atoms with Crippen LogP contribution in [0.25, 0.3) is 0 Å². The zero-order chi connectivity index (χ0) is 15.3. The third kappa shape index (κ3) is 4.21. The van der Waals surface area contributed by atoms with Crippen LogP contribution in [0, 0.1) is 5.41 Å². The summed E-state index contributed by atoms with van der Waals surface area (Å²) in [6.07, 6.45) is 8.81. The third-order valence-electron chi connectivity index (χ3n) is 4.23. The van der Waals surface area contributed by atoms with Gasteiger partial charge in [0.05, 0.1) is 11.9 Å². The van der Waals surface area contributed by atoms with Gasteiger partial charge in [0.25, 0.3) is 0 Å². The fraction of sp³-hybridized carbons (Fsp3) is 0.643. The average Bonchev–Trinajstić information content (AvgIpc) is 3.06. The summed E-state index contributed by atoms with van der Waals surface area (Å²) in [4.78, 5) is 22.4. The molecule has 1 fully saturated rings. The highest BCUT2D eigenvalue weighted by Gasteiger charge is 2.32. The van der Waals surface area contributed by atoms with Crippen LogP contribution in [-0.2, 0) is 11.3 Å². The highest BCUT2D eigenvalue weighted by atomic mass is 16.4. The lowest BCUT2D eigenvalue weighted by Gasteiger charge is -2.27. The van der Waals surface area contributed by atoms with Crippen molar-refractivity contribution in [3.63, 3.8) is 0 Å². The first-order chi connectivity index (χ1) is 10.0. The summed E-state index contributed by atoms with van der Waals surface area (Å²) in [5, 5.41) is 18.1. The Balaban J connectivity index is 1.81. The van der Waals surface area contributed by atoms with E-state index in [0.717, 1.165) is 6.42 Å². The van der Waals surface area contributed by atoms with E-state index in [0.29, 0.717) is 12.2 Å². The van der Waals surface area contributed by atoms with Crippen molar-refractivity contribution in [3.05, 3.63) is 12.4 Å². The second-order valence-electron chi connectivity index (χ2n) is 5.69. The first-order valence-corrected chi connectivity index (χ1v) is 7.32. The fourth-order valence-corrected chi connectivity index (χ4v) is 2.88. The van der Waals surface area contributed by atoms with Crippen LogP contribution in [0.3, 0.4) is 0 Å². The molecule has 0 saturated heterocycles. The molecule has 0 aliphatic heterocycles. The van der Waals surface area contributed by atoms with E-state index in [-0.39, 0.29) is 18.0 Å². The van der Waals surface area contributed by atoms with Crippen LogP contribution in [0.15, 0.2) is 12.4 Å².